The fraction of sp³-hybridized carbons (Fsp3) is 0.0526. The van der Waals surface area contributed by atoms with E-state index in [1.807, 2.05) is 0 Å². The predicted molar refractivity (Wildman–Crippen MR) is 255 cm³/mol. The Balaban J connectivity index is 1.24. The zero-order valence-electron chi connectivity index (χ0n) is 33.4. The van der Waals surface area contributed by atoms with Gasteiger partial charge in [0.25, 0.3) is 0 Å². The summed E-state index contributed by atoms with van der Waals surface area (Å²) in [4.78, 5) is 4.98. The summed E-state index contributed by atoms with van der Waals surface area (Å²) in [5.74, 6) is 0. The van der Waals surface area contributed by atoms with Gasteiger partial charge in [-0.15, -0.1) is 0 Å². The Morgan fingerprint density at radius 1 is 0.254 bits per heavy atom. The molecular formula is C57H42N2. The molecule has 0 unspecified atom stereocenters. The summed E-state index contributed by atoms with van der Waals surface area (Å²) in [5.41, 5.74) is 10.6. The summed E-state index contributed by atoms with van der Waals surface area (Å²) in [6, 6.07) is 74.1. The molecule has 0 fully saturated rings. The van der Waals surface area contributed by atoms with Gasteiger partial charge in [-0.05, 0) is 166 Å². The number of nitrogens with zero attached hydrogens (tertiary/aromatic N) is 2. The summed E-state index contributed by atoms with van der Waals surface area (Å²) < 4.78 is 0. The van der Waals surface area contributed by atoms with Crippen LogP contribution in [0.5, 0.6) is 0 Å². The number of fused-ring (bicyclic) bond motifs is 6. The fourth-order valence-corrected chi connectivity index (χ4v) is 9.14. The number of para-hydroxylation sites is 2. The molecule has 11 aromatic carbocycles. The Morgan fingerprint density at radius 3 is 1.08 bits per heavy atom. The molecule has 0 N–H and O–H groups in total. The van der Waals surface area contributed by atoms with Gasteiger partial charge in [0.1, 0.15) is 0 Å². The van der Waals surface area contributed by atoms with Crippen LogP contribution in [0.2, 0.25) is 0 Å². The van der Waals surface area contributed by atoms with E-state index in [0.717, 1.165) is 22.7 Å². The summed E-state index contributed by atoms with van der Waals surface area (Å²) in [6.45, 7) is 6.70. The molecule has 2 heteroatoms. The van der Waals surface area contributed by atoms with E-state index in [0.29, 0.717) is 0 Å². The first-order valence-corrected chi connectivity index (χ1v) is 20.5. The average molecular weight is 755 g/mol. The minimum atomic E-state index is 1.11. The van der Waals surface area contributed by atoms with Crippen LogP contribution >= 0.6 is 0 Å². The highest BCUT2D eigenvalue weighted by atomic mass is 15.2. The fourth-order valence-electron chi connectivity index (χ4n) is 9.14. The van der Waals surface area contributed by atoms with Crippen molar-refractivity contribution in [2.45, 2.75) is 20.8 Å². The summed E-state index contributed by atoms with van der Waals surface area (Å²) in [7, 11) is 0. The predicted octanol–water partition coefficient (Wildman–Crippen LogP) is 16.5. The van der Waals surface area contributed by atoms with Crippen LogP contribution in [0.3, 0.4) is 0 Å². The lowest BCUT2D eigenvalue weighted by Gasteiger charge is -2.33. The van der Waals surface area contributed by atoms with Gasteiger partial charge < -0.3 is 9.80 Å². The zero-order valence-corrected chi connectivity index (χ0v) is 33.4. The van der Waals surface area contributed by atoms with E-state index in [9.17, 15) is 0 Å². The van der Waals surface area contributed by atoms with Crippen LogP contribution in [0, 0.1) is 20.8 Å². The van der Waals surface area contributed by atoms with Crippen molar-refractivity contribution in [3.05, 3.63) is 217 Å². The molecule has 0 aromatic heterocycles. The number of rotatable bonds is 6. The van der Waals surface area contributed by atoms with Crippen molar-refractivity contribution in [1.82, 2.24) is 0 Å². The van der Waals surface area contributed by atoms with Gasteiger partial charge in [-0.25, -0.2) is 0 Å². The number of aryl methyl sites for hydroxylation is 3. The van der Waals surface area contributed by atoms with E-state index in [1.54, 1.807) is 0 Å². The van der Waals surface area contributed by atoms with Gasteiger partial charge in [-0.3, -0.25) is 0 Å². The molecule has 0 amide bonds. The largest absolute Gasteiger partial charge is 0.309 e. The SMILES string of the molecule is Cc1ccc2c(N(c3ccccc3)c3ccc4cc5ccccc5cc4c3)c3cc(C)c(C)cc3c(N(c3ccccc3)c3ccc4cc5ccccc5cc4c3)c2c1. The van der Waals surface area contributed by atoms with Crippen molar-refractivity contribution in [3.63, 3.8) is 0 Å². The molecule has 11 aromatic rings. The van der Waals surface area contributed by atoms with E-state index in [1.165, 1.54) is 92.7 Å². The van der Waals surface area contributed by atoms with Crippen molar-refractivity contribution < 1.29 is 0 Å². The first-order chi connectivity index (χ1) is 29.0. The van der Waals surface area contributed by atoms with Gasteiger partial charge >= 0.3 is 0 Å². The molecule has 0 aliphatic heterocycles. The first-order valence-electron chi connectivity index (χ1n) is 20.5. The van der Waals surface area contributed by atoms with Gasteiger partial charge in [-0.2, -0.15) is 0 Å². The summed E-state index contributed by atoms with van der Waals surface area (Å²) in [6.07, 6.45) is 0. The first kappa shape index (κ1) is 34.8. The number of anilines is 6. The van der Waals surface area contributed by atoms with Gasteiger partial charge in [0.2, 0.25) is 0 Å². The molecule has 0 heterocycles. The molecule has 59 heavy (non-hydrogen) atoms. The summed E-state index contributed by atoms with van der Waals surface area (Å²) in [5, 5.41) is 14.7. The highest BCUT2D eigenvalue weighted by molar-refractivity contribution is 6.24. The van der Waals surface area contributed by atoms with Crippen LogP contribution < -0.4 is 9.80 Å². The number of hydrogen-bond donors (Lipinski definition) is 0. The maximum absolute atomic E-state index is 2.49. The van der Waals surface area contributed by atoms with E-state index < -0.39 is 0 Å². The number of benzene rings is 11. The molecule has 11 rings (SSSR count). The minimum Gasteiger partial charge on any atom is -0.309 e. The third kappa shape index (κ3) is 5.96. The molecule has 2 nitrogen and oxygen atoms in total. The zero-order chi connectivity index (χ0) is 39.6. The van der Waals surface area contributed by atoms with Gasteiger partial charge in [0, 0.05) is 44.3 Å². The molecule has 0 radical (unpaired) electrons. The lowest BCUT2D eigenvalue weighted by molar-refractivity contribution is 1.29. The molecule has 0 saturated heterocycles. The monoisotopic (exact) mass is 754 g/mol. The maximum Gasteiger partial charge on any atom is 0.0620 e. The highest BCUT2D eigenvalue weighted by Crippen LogP contribution is 2.52. The lowest BCUT2D eigenvalue weighted by atomic mass is 9.91. The second-order valence-electron chi connectivity index (χ2n) is 16.0. The highest BCUT2D eigenvalue weighted by Gasteiger charge is 2.26. The van der Waals surface area contributed by atoms with Crippen LogP contribution in [0.15, 0.2) is 200 Å². The molecule has 0 bridgehead atoms. The normalized spacial score (nSPS) is 11.6. The van der Waals surface area contributed by atoms with Gasteiger partial charge in [-0.1, -0.05) is 115 Å². The van der Waals surface area contributed by atoms with Gasteiger partial charge in [0.15, 0.2) is 0 Å². The molecule has 0 aliphatic rings. The van der Waals surface area contributed by atoms with Crippen molar-refractivity contribution in [2.75, 3.05) is 9.80 Å². The van der Waals surface area contributed by atoms with Crippen molar-refractivity contribution in [1.29, 1.82) is 0 Å². The van der Waals surface area contributed by atoms with Crippen LogP contribution in [0.25, 0.3) is 64.6 Å². The van der Waals surface area contributed by atoms with Crippen molar-refractivity contribution in [3.8, 4) is 0 Å². The Morgan fingerprint density at radius 2 is 0.627 bits per heavy atom. The molecular weight excluding hydrogens is 713 g/mol. The topological polar surface area (TPSA) is 6.48 Å². The molecule has 0 spiro atoms. The maximum atomic E-state index is 2.49. The standard InChI is InChI=1S/C57H42N2/c1-37-22-27-52-53(28-37)57(59(49-20-8-5-9-21-49)51-26-24-45-32-41-15-11-13-17-43(41)34-47(45)36-51)55-30-39(3)38(2)29-54(55)56(52)58(48-18-6-4-7-19-48)50-25-23-44-31-40-14-10-12-16-42(40)33-46(44)35-50/h4-36H,1-3H3. The average Bonchev–Trinajstić information content (AvgIpc) is 3.27. The Labute approximate surface area is 344 Å². The second-order valence-corrected chi connectivity index (χ2v) is 16.0. The third-order valence-corrected chi connectivity index (χ3v) is 12.2. The third-order valence-electron chi connectivity index (χ3n) is 12.2. The molecule has 0 atom stereocenters. The van der Waals surface area contributed by atoms with E-state index in [-0.39, 0.29) is 0 Å². The second kappa shape index (κ2) is 13.9. The Kier molecular flexibility index (Phi) is 8.20. The molecule has 0 saturated carbocycles. The Bertz CT molecular complexity index is 3420. The van der Waals surface area contributed by atoms with Crippen LogP contribution in [-0.2, 0) is 0 Å². The quantitative estimate of drug-likeness (QED) is 0.123. The summed E-state index contributed by atoms with van der Waals surface area (Å²) >= 11 is 0. The van der Waals surface area contributed by atoms with Crippen LogP contribution in [0.4, 0.5) is 34.1 Å². The minimum absolute atomic E-state index is 1.11. The van der Waals surface area contributed by atoms with Crippen molar-refractivity contribution >= 4 is 98.8 Å². The molecule has 280 valence electrons. The van der Waals surface area contributed by atoms with E-state index >= 15 is 0 Å². The van der Waals surface area contributed by atoms with E-state index in [4.69, 9.17) is 0 Å². The lowest BCUT2D eigenvalue weighted by Crippen LogP contribution is -2.15. The van der Waals surface area contributed by atoms with Crippen LogP contribution in [-0.4, -0.2) is 0 Å². The Hall–Kier alpha value is -7.42. The van der Waals surface area contributed by atoms with Crippen molar-refractivity contribution in [2.24, 2.45) is 0 Å². The van der Waals surface area contributed by atoms with Gasteiger partial charge in [0.05, 0.1) is 11.4 Å². The number of hydrogen-bond acceptors (Lipinski definition) is 2. The molecule has 0 aliphatic carbocycles. The smallest absolute Gasteiger partial charge is 0.0620 e. The van der Waals surface area contributed by atoms with E-state index in [2.05, 4.69) is 231 Å². The van der Waals surface area contributed by atoms with Crippen LogP contribution in [0.1, 0.15) is 16.7 Å².